The molecule has 3 aromatic carbocycles. The predicted molar refractivity (Wildman–Crippen MR) is 154 cm³/mol. The van der Waals surface area contributed by atoms with Crippen molar-refractivity contribution in [1.29, 1.82) is 0 Å². The number of benzene rings is 3. The van der Waals surface area contributed by atoms with Crippen LogP contribution in [0.2, 0.25) is 0 Å². The summed E-state index contributed by atoms with van der Waals surface area (Å²) in [6.07, 6.45) is 5.05. The zero-order chi connectivity index (χ0) is 28.7. The minimum atomic E-state index is -4.18. The molecule has 7 nitrogen and oxygen atoms in total. The summed E-state index contributed by atoms with van der Waals surface area (Å²) in [7, 11) is -4.18. The maximum Gasteiger partial charge on any atom is 0.264 e. The lowest BCUT2D eigenvalue weighted by Crippen LogP contribution is -2.53. The number of amides is 2. The molecule has 0 radical (unpaired) electrons. The van der Waals surface area contributed by atoms with Gasteiger partial charge in [-0.15, -0.1) is 0 Å². The summed E-state index contributed by atoms with van der Waals surface area (Å²) in [6, 6.07) is 19.6. The monoisotopic (exact) mass is 565 g/mol. The summed E-state index contributed by atoms with van der Waals surface area (Å²) in [5, 5.41) is 3.09. The Balaban J connectivity index is 1.66. The average molecular weight is 566 g/mol. The zero-order valence-corrected chi connectivity index (χ0v) is 23.7. The Morgan fingerprint density at radius 2 is 1.62 bits per heavy atom. The van der Waals surface area contributed by atoms with Crippen molar-refractivity contribution >= 4 is 27.5 Å². The highest BCUT2D eigenvalue weighted by Gasteiger charge is 2.33. The molecular weight excluding hydrogens is 529 g/mol. The lowest BCUT2D eigenvalue weighted by atomic mass is 9.95. The molecule has 40 heavy (non-hydrogen) atoms. The molecule has 4 rings (SSSR count). The second-order valence-electron chi connectivity index (χ2n) is 10.3. The molecule has 1 aliphatic carbocycles. The third-order valence-electron chi connectivity index (χ3n) is 7.28. The molecule has 0 heterocycles. The van der Waals surface area contributed by atoms with Crippen molar-refractivity contribution in [3.05, 3.63) is 95.8 Å². The number of halogens is 1. The van der Waals surface area contributed by atoms with Gasteiger partial charge in [-0.05, 0) is 68.7 Å². The van der Waals surface area contributed by atoms with Crippen LogP contribution in [0.1, 0.15) is 50.2 Å². The van der Waals surface area contributed by atoms with Crippen LogP contribution in [-0.4, -0.2) is 43.8 Å². The van der Waals surface area contributed by atoms with Crippen molar-refractivity contribution in [2.45, 2.75) is 69.5 Å². The summed E-state index contributed by atoms with van der Waals surface area (Å²) in [4.78, 5) is 28.7. The predicted octanol–water partition coefficient (Wildman–Crippen LogP) is 5.20. The molecule has 0 aromatic heterocycles. The van der Waals surface area contributed by atoms with Crippen LogP contribution >= 0.6 is 0 Å². The van der Waals surface area contributed by atoms with E-state index in [1.807, 2.05) is 31.2 Å². The average Bonchev–Trinajstić information content (AvgIpc) is 2.95. The van der Waals surface area contributed by atoms with Crippen molar-refractivity contribution in [1.82, 2.24) is 10.2 Å². The molecule has 0 bridgehead atoms. The third kappa shape index (κ3) is 7.27. The Morgan fingerprint density at radius 3 is 2.27 bits per heavy atom. The largest absolute Gasteiger partial charge is 0.352 e. The Hall–Kier alpha value is -3.72. The number of nitrogens with zero attached hydrogens (tertiary/aromatic N) is 2. The number of anilines is 1. The smallest absolute Gasteiger partial charge is 0.264 e. The van der Waals surface area contributed by atoms with Gasteiger partial charge in [-0.2, -0.15) is 0 Å². The van der Waals surface area contributed by atoms with E-state index in [-0.39, 0.29) is 29.1 Å². The summed E-state index contributed by atoms with van der Waals surface area (Å²) in [5.41, 5.74) is 1.97. The van der Waals surface area contributed by atoms with Gasteiger partial charge in [0, 0.05) is 12.6 Å². The number of nitrogens with one attached hydrogen (secondary N) is 1. The fraction of sp³-hybridized carbons (Fsp3) is 0.355. The van der Waals surface area contributed by atoms with Gasteiger partial charge in [-0.25, -0.2) is 12.8 Å². The van der Waals surface area contributed by atoms with Crippen molar-refractivity contribution in [3.8, 4) is 0 Å². The van der Waals surface area contributed by atoms with Crippen LogP contribution < -0.4 is 9.62 Å². The lowest BCUT2D eigenvalue weighted by Gasteiger charge is -2.33. The molecule has 1 N–H and O–H groups in total. The van der Waals surface area contributed by atoms with E-state index in [0.29, 0.717) is 0 Å². The van der Waals surface area contributed by atoms with Crippen LogP contribution in [0, 0.1) is 12.7 Å². The first-order valence-corrected chi connectivity index (χ1v) is 15.1. The number of hydrogen-bond donors (Lipinski definition) is 1. The molecule has 212 valence electrons. The van der Waals surface area contributed by atoms with Gasteiger partial charge in [0.2, 0.25) is 11.8 Å². The Morgan fingerprint density at radius 1 is 0.950 bits per heavy atom. The van der Waals surface area contributed by atoms with Gasteiger partial charge in [0.25, 0.3) is 10.0 Å². The van der Waals surface area contributed by atoms with Gasteiger partial charge in [0.15, 0.2) is 0 Å². The zero-order valence-electron chi connectivity index (χ0n) is 22.9. The second kappa shape index (κ2) is 13.1. The molecule has 2 amide bonds. The first-order chi connectivity index (χ1) is 19.1. The number of carbonyl (C=O) groups is 2. The number of carbonyl (C=O) groups excluding carboxylic acids is 2. The lowest BCUT2D eigenvalue weighted by molar-refractivity contribution is -0.139. The number of aryl methyl sites for hydroxylation is 1. The van der Waals surface area contributed by atoms with Gasteiger partial charge in [-0.3, -0.25) is 13.9 Å². The standard InChI is InChI=1S/C31H36FN3O4S/c1-23-10-9-11-25(20-23)21-34(24(2)31(37)33-27-12-5-3-6-13-27)30(36)22-35(28-18-16-26(32)17-19-28)40(38,39)29-14-7-4-8-15-29/h4,7-11,14-20,24,27H,3,5-6,12-13,21-22H2,1-2H3,(H,33,37)/t24-/m0/s1. The Labute approximate surface area is 236 Å². The van der Waals surface area contributed by atoms with E-state index in [1.54, 1.807) is 25.1 Å². The van der Waals surface area contributed by atoms with Gasteiger partial charge in [-0.1, -0.05) is 67.3 Å². The highest BCUT2D eigenvalue weighted by atomic mass is 32.2. The molecule has 1 atom stereocenters. The normalized spacial score (nSPS) is 14.8. The van der Waals surface area contributed by atoms with E-state index in [0.717, 1.165) is 59.7 Å². The molecule has 1 fully saturated rings. The SMILES string of the molecule is Cc1cccc(CN(C(=O)CN(c2ccc(F)cc2)S(=O)(=O)c2ccccc2)[C@@H](C)C(=O)NC2CCCCC2)c1. The molecule has 9 heteroatoms. The van der Waals surface area contributed by atoms with Gasteiger partial charge >= 0.3 is 0 Å². The van der Waals surface area contributed by atoms with Gasteiger partial charge in [0.1, 0.15) is 18.4 Å². The molecule has 3 aromatic rings. The van der Waals surface area contributed by atoms with Gasteiger partial charge in [0.05, 0.1) is 10.6 Å². The maximum atomic E-state index is 14.0. The Bertz CT molecular complexity index is 1410. The quantitative estimate of drug-likeness (QED) is 0.366. The first-order valence-electron chi connectivity index (χ1n) is 13.6. The third-order valence-corrected chi connectivity index (χ3v) is 9.07. The summed E-state index contributed by atoms with van der Waals surface area (Å²) in [5.74, 6) is -1.34. The minimum absolute atomic E-state index is 0.000416. The van der Waals surface area contributed by atoms with E-state index < -0.39 is 34.3 Å². The molecule has 0 spiro atoms. The van der Waals surface area contributed by atoms with E-state index in [4.69, 9.17) is 0 Å². The molecular formula is C31H36FN3O4S. The summed E-state index contributed by atoms with van der Waals surface area (Å²) in [6.45, 7) is 3.18. The number of rotatable bonds is 10. The van der Waals surface area contributed by atoms with Gasteiger partial charge < -0.3 is 10.2 Å². The number of sulfonamides is 1. The van der Waals surface area contributed by atoms with Crippen LogP contribution in [0.25, 0.3) is 0 Å². The maximum absolute atomic E-state index is 14.0. The fourth-order valence-corrected chi connectivity index (χ4v) is 6.45. The molecule has 0 unspecified atom stereocenters. The second-order valence-corrected chi connectivity index (χ2v) is 12.2. The summed E-state index contributed by atoms with van der Waals surface area (Å²) < 4.78 is 42.2. The van der Waals surface area contributed by atoms with E-state index in [2.05, 4.69) is 5.32 Å². The number of hydrogen-bond acceptors (Lipinski definition) is 4. The van der Waals surface area contributed by atoms with Crippen molar-refractivity contribution in [2.75, 3.05) is 10.8 Å². The summed E-state index contributed by atoms with van der Waals surface area (Å²) >= 11 is 0. The topological polar surface area (TPSA) is 86.8 Å². The van der Waals surface area contributed by atoms with Crippen LogP contribution in [-0.2, 0) is 26.2 Å². The van der Waals surface area contributed by atoms with Crippen LogP contribution in [0.3, 0.4) is 0 Å². The van der Waals surface area contributed by atoms with E-state index in [1.165, 1.54) is 29.2 Å². The van der Waals surface area contributed by atoms with Crippen LogP contribution in [0.5, 0.6) is 0 Å². The molecule has 1 saturated carbocycles. The highest BCUT2D eigenvalue weighted by molar-refractivity contribution is 7.92. The van der Waals surface area contributed by atoms with Crippen LogP contribution in [0.15, 0.2) is 83.8 Å². The fourth-order valence-electron chi connectivity index (χ4n) is 5.01. The minimum Gasteiger partial charge on any atom is -0.352 e. The van der Waals surface area contributed by atoms with Crippen LogP contribution in [0.4, 0.5) is 10.1 Å². The van der Waals surface area contributed by atoms with Crippen molar-refractivity contribution in [2.24, 2.45) is 0 Å². The van der Waals surface area contributed by atoms with Crippen molar-refractivity contribution < 1.29 is 22.4 Å². The van der Waals surface area contributed by atoms with Crippen molar-refractivity contribution in [3.63, 3.8) is 0 Å². The Kier molecular flexibility index (Phi) is 9.58. The molecule has 1 aliphatic rings. The van der Waals surface area contributed by atoms with E-state index in [9.17, 15) is 22.4 Å². The molecule has 0 aliphatic heterocycles. The highest BCUT2D eigenvalue weighted by Crippen LogP contribution is 2.25. The van der Waals surface area contributed by atoms with E-state index >= 15 is 0 Å². The first kappa shape index (κ1) is 29.3. The molecule has 0 saturated heterocycles.